The van der Waals surface area contributed by atoms with Gasteiger partial charge in [0.2, 0.25) is 0 Å². The summed E-state index contributed by atoms with van der Waals surface area (Å²) < 4.78 is 5.50. The molecule has 0 unspecified atom stereocenters. The molecular formula is C17H27N3O3. The molecule has 1 aliphatic heterocycles. The van der Waals surface area contributed by atoms with Crippen LogP contribution in [0.2, 0.25) is 0 Å². The Morgan fingerprint density at radius 3 is 2.48 bits per heavy atom. The lowest BCUT2D eigenvalue weighted by Gasteiger charge is -2.47. The number of amides is 1. The van der Waals surface area contributed by atoms with Gasteiger partial charge in [0.25, 0.3) is 0 Å². The van der Waals surface area contributed by atoms with Crippen molar-refractivity contribution in [2.75, 3.05) is 30.3 Å². The highest BCUT2D eigenvalue weighted by Gasteiger charge is 2.39. The molecule has 0 atom stereocenters. The standard InChI is InChI=1S/C17H27N3O3/c1-16(2,3)23-15(22)20-9-8-19(11-17(20,4)5)12-6-7-13(18)14(21)10-12/h6-7,10,21H,8-9,11,18H2,1-5H3. The normalized spacial score (nSPS) is 18.0. The molecule has 23 heavy (non-hydrogen) atoms. The molecule has 1 aliphatic rings. The van der Waals surface area contributed by atoms with Gasteiger partial charge in [0.1, 0.15) is 11.4 Å². The Kier molecular flexibility index (Phi) is 4.37. The van der Waals surface area contributed by atoms with E-state index in [4.69, 9.17) is 10.5 Å². The zero-order valence-corrected chi connectivity index (χ0v) is 14.6. The number of piperazine rings is 1. The van der Waals surface area contributed by atoms with Crippen LogP contribution in [-0.2, 0) is 4.74 Å². The van der Waals surface area contributed by atoms with Gasteiger partial charge in [-0.1, -0.05) is 0 Å². The number of ether oxygens (including phenoxy) is 1. The van der Waals surface area contributed by atoms with Gasteiger partial charge in [-0.15, -0.1) is 0 Å². The molecule has 1 saturated heterocycles. The highest BCUT2D eigenvalue weighted by Crippen LogP contribution is 2.31. The van der Waals surface area contributed by atoms with E-state index in [1.807, 2.05) is 40.7 Å². The first-order chi connectivity index (χ1) is 10.5. The van der Waals surface area contributed by atoms with Crippen molar-refractivity contribution in [3.05, 3.63) is 18.2 Å². The lowest BCUT2D eigenvalue weighted by molar-refractivity contribution is 0.000372. The van der Waals surface area contributed by atoms with Crippen LogP contribution in [0, 0.1) is 0 Å². The fourth-order valence-corrected chi connectivity index (χ4v) is 2.76. The number of rotatable bonds is 1. The second-order valence-corrected chi connectivity index (χ2v) is 7.61. The predicted molar refractivity (Wildman–Crippen MR) is 91.8 cm³/mol. The molecule has 3 N–H and O–H groups in total. The second-order valence-electron chi connectivity index (χ2n) is 7.61. The molecule has 0 spiro atoms. The van der Waals surface area contributed by atoms with Crippen molar-refractivity contribution in [1.82, 2.24) is 4.90 Å². The van der Waals surface area contributed by atoms with Gasteiger partial charge in [-0.05, 0) is 46.8 Å². The molecule has 1 aromatic rings. The van der Waals surface area contributed by atoms with Crippen LogP contribution < -0.4 is 10.6 Å². The van der Waals surface area contributed by atoms with Gasteiger partial charge in [0, 0.05) is 31.4 Å². The molecule has 0 saturated carbocycles. The maximum Gasteiger partial charge on any atom is 0.410 e. The van der Waals surface area contributed by atoms with Crippen LogP contribution in [0.5, 0.6) is 5.75 Å². The molecule has 0 radical (unpaired) electrons. The number of carbonyl (C=O) groups excluding carboxylic acids is 1. The molecular weight excluding hydrogens is 294 g/mol. The Balaban J connectivity index is 2.13. The van der Waals surface area contributed by atoms with Crippen LogP contribution in [0.1, 0.15) is 34.6 Å². The quantitative estimate of drug-likeness (QED) is 0.614. The minimum absolute atomic E-state index is 0.0786. The minimum Gasteiger partial charge on any atom is -0.506 e. The van der Waals surface area contributed by atoms with E-state index in [9.17, 15) is 9.90 Å². The summed E-state index contributed by atoms with van der Waals surface area (Å²) in [6, 6.07) is 5.24. The number of nitrogens with zero attached hydrogens (tertiary/aromatic N) is 2. The van der Waals surface area contributed by atoms with Gasteiger partial charge < -0.3 is 20.5 Å². The number of hydrogen-bond donors (Lipinski definition) is 2. The molecule has 2 rings (SSSR count). The molecule has 6 nitrogen and oxygen atoms in total. The largest absolute Gasteiger partial charge is 0.506 e. The third-order valence-electron chi connectivity index (χ3n) is 3.90. The lowest BCUT2D eigenvalue weighted by Crippen LogP contribution is -2.61. The van der Waals surface area contributed by atoms with Crippen LogP contribution in [0.25, 0.3) is 0 Å². The molecule has 0 aromatic heterocycles. The van der Waals surface area contributed by atoms with E-state index in [-0.39, 0.29) is 17.4 Å². The van der Waals surface area contributed by atoms with Crippen LogP contribution in [0.15, 0.2) is 18.2 Å². The highest BCUT2D eigenvalue weighted by atomic mass is 16.6. The van der Waals surface area contributed by atoms with Crippen LogP contribution in [-0.4, -0.2) is 46.9 Å². The predicted octanol–water partition coefficient (Wildman–Crippen LogP) is 2.81. The Hall–Kier alpha value is -2.11. The fourth-order valence-electron chi connectivity index (χ4n) is 2.76. The molecule has 1 heterocycles. The number of aromatic hydroxyl groups is 1. The van der Waals surface area contributed by atoms with E-state index in [1.165, 1.54) is 0 Å². The van der Waals surface area contributed by atoms with Crippen molar-refractivity contribution >= 4 is 17.5 Å². The molecule has 1 fully saturated rings. The zero-order chi connectivity index (χ0) is 17.4. The smallest absolute Gasteiger partial charge is 0.410 e. The summed E-state index contributed by atoms with van der Waals surface area (Å²) in [5.74, 6) is 0.0786. The summed E-state index contributed by atoms with van der Waals surface area (Å²) in [5.41, 5.74) is 6.03. The average molecular weight is 321 g/mol. The van der Waals surface area contributed by atoms with E-state index >= 15 is 0 Å². The Morgan fingerprint density at radius 2 is 1.96 bits per heavy atom. The Morgan fingerprint density at radius 1 is 1.30 bits per heavy atom. The van der Waals surface area contributed by atoms with Gasteiger partial charge in [-0.2, -0.15) is 0 Å². The van der Waals surface area contributed by atoms with E-state index in [0.717, 1.165) is 5.69 Å². The van der Waals surface area contributed by atoms with Crippen molar-refractivity contribution in [3.8, 4) is 5.75 Å². The third-order valence-corrected chi connectivity index (χ3v) is 3.90. The zero-order valence-electron chi connectivity index (χ0n) is 14.6. The van der Waals surface area contributed by atoms with E-state index in [2.05, 4.69) is 4.90 Å². The highest BCUT2D eigenvalue weighted by molar-refractivity contribution is 5.70. The van der Waals surface area contributed by atoms with Crippen LogP contribution in [0.4, 0.5) is 16.2 Å². The number of nitrogens with two attached hydrogens (primary N) is 1. The summed E-state index contributed by atoms with van der Waals surface area (Å²) in [6.07, 6.45) is -0.290. The van der Waals surface area contributed by atoms with Crippen molar-refractivity contribution in [1.29, 1.82) is 0 Å². The average Bonchev–Trinajstić information content (AvgIpc) is 2.38. The van der Waals surface area contributed by atoms with Crippen LogP contribution in [0.3, 0.4) is 0 Å². The summed E-state index contributed by atoms with van der Waals surface area (Å²) in [5, 5.41) is 9.79. The molecule has 0 bridgehead atoms. The first-order valence-corrected chi connectivity index (χ1v) is 7.84. The monoisotopic (exact) mass is 321 g/mol. The Labute approximate surface area is 137 Å². The maximum absolute atomic E-state index is 12.4. The topological polar surface area (TPSA) is 79.0 Å². The number of anilines is 2. The number of phenolic OH excluding ortho intramolecular Hbond substituents is 1. The Bertz CT molecular complexity index is 593. The van der Waals surface area contributed by atoms with Gasteiger partial charge in [0.05, 0.1) is 11.2 Å². The molecule has 1 amide bonds. The number of hydrogen-bond acceptors (Lipinski definition) is 5. The number of phenols is 1. The van der Waals surface area contributed by atoms with E-state index in [0.29, 0.717) is 25.3 Å². The number of benzene rings is 1. The van der Waals surface area contributed by atoms with Crippen LogP contribution >= 0.6 is 0 Å². The van der Waals surface area contributed by atoms with Gasteiger partial charge in [-0.25, -0.2) is 4.79 Å². The molecule has 6 heteroatoms. The molecule has 0 aliphatic carbocycles. The lowest BCUT2D eigenvalue weighted by atomic mass is 9.98. The summed E-state index contributed by atoms with van der Waals surface area (Å²) in [4.78, 5) is 16.3. The summed E-state index contributed by atoms with van der Waals surface area (Å²) in [6.45, 7) is 11.5. The summed E-state index contributed by atoms with van der Waals surface area (Å²) >= 11 is 0. The number of nitrogen functional groups attached to an aromatic ring is 1. The van der Waals surface area contributed by atoms with E-state index < -0.39 is 5.60 Å². The maximum atomic E-state index is 12.4. The van der Waals surface area contributed by atoms with Gasteiger partial charge >= 0.3 is 6.09 Å². The van der Waals surface area contributed by atoms with E-state index in [1.54, 1.807) is 17.0 Å². The first kappa shape index (κ1) is 17.2. The van der Waals surface area contributed by atoms with Crippen molar-refractivity contribution < 1.29 is 14.6 Å². The van der Waals surface area contributed by atoms with Gasteiger partial charge in [-0.3, -0.25) is 4.90 Å². The van der Waals surface area contributed by atoms with Crippen molar-refractivity contribution in [2.45, 2.75) is 45.8 Å². The molecule has 1 aromatic carbocycles. The number of carbonyl (C=O) groups is 1. The fraction of sp³-hybridized carbons (Fsp3) is 0.588. The second kappa shape index (κ2) is 5.83. The van der Waals surface area contributed by atoms with Crippen molar-refractivity contribution in [2.24, 2.45) is 0 Å². The third kappa shape index (κ3) is 4.00. The first-order valence-electron chi connectivity index (χ1n) is 7.84. The SMILES string of the molecule is CC(C)(C)OC(=O)N1CCN(c2ccc(N)c(O)c2)CC1(C)C. The van der Waals surface area contributed by atoms with Crippen molar-refractivity contribution in [3.63, 3.8) is 0 Å². The minimum atomic E-state index is -0.507. The summed E-state index contributed by atoms with van der Waals surface area (Å²) in [7, 11) is 0. The van der Waals surface area contributed by atoms with Gasteiger partial charge in [0.15, 0.2) is 0 Å². The molecule has 128 valence electrons.